The number of nitrogens with zero attached hydrogens (tertiary/aromatic N) is 1. The van der Waals surface area contributed by atoms with Crippen LogP contribution in [0.4, 0.5) is 0 Å². The molecule has 0 spiro atoms. The summed E-state index contributed by atoms with van der Waals surface area (Å²) in [7, 11) is -3.82. The molecule has 0 N–H and O–H groups in total. The first-order chi connectivity index (χ1) is 12.8. The van der Waals surface area contributed by atoms with Crippen molar-refractivity contribution in [1.82, 2.24) is 4.73 Å². The number of aromatic nitrogens is 1. The molecule has 0 aliphatic rings. The van der Waals surface area contributed by atoms with E-state index in [1.165, 1.54) is 6.20 Å². The van der Waals surface area contributed by atoms with Gasteiger partial charge in [-0.2, -0.15) is 8.42 Å². The zero-order chi connectivity index (χ0) is 19.4. The van der Waals surface area contributed by atoms with Crippen LogP contribution >= 0.6 is 0 Å². The minimum Gasteiger partial charge on any atom is -0.284 e. The van der Waals surface area contributed by atoms with Gasteiger partial charge in [0, 0.05) is 11.8 Å². The first kappa shape index (κ1) is 18.7. The maximum Gasteiger partial charge on any atom is 0.324 e. The van der Waals surface area contributed by atoms with Crippen LogP contribution in [0.3, 0.4) is 0 Å². The second-order valence-corrected chi connectivity index (χ2v) is 7.67. The van der Waals surface area contributed by atoms with Gasteiger partial charge in [0.1, 0.15) is 0 Å². The van der Waals surface area contributed by atoms with Crippen LogP contribution in [-0.4, -0.2) is 19.4 Å². The third kappa shape index (κ3) is 4.54. The van der Waals surface area contributed by atoms with Gasteiger partial charge in [0.2, 0.25) is 0 Å². The third-order valence-electron chi connectivity index (χ3n) is 3.99. The lowest BCUT2D eigenvalue weighted by Gasteiger charge is -2.11. The van der Waals surface area contributed by atoms with E-state index >= 15 is 0 Å². The number of benzene rings is 2. The Bertz CT molecular complexity index is 1090. The first-order valence-corrected chi connectivity index (χ1v) is 10.1. The molecule has 138 valence electrons. The van der Waals surface area contributed by atoms with Crippen LogP contribution in [0.2, 0.25) is 0 Å². The van der Waals surface area contributed by atoms with E-state index in [0.717, 1.165) is 33.2 Å². The molecule has 1 heterocycles. The summed E-state index contributed by atoms with van der Waals surface area (Å²) >= 11 is 0. The van der Waals surface area contributed by atoms with Crippen LogP contribution in [0, 0.1) is 6.92 Å². The molecule has 0 unspecified atom stereocenters. The zero-order valence-electron chi connectivity index (χ0n) is 15.0. The SMILES string of the molecule is Cc1ccn(OS(C)(=O)=O)c(=O)c1C=C(c1ccccc1)c1ccccc1. The predicted octanol–water partition coefficient (Wildman–Crippen LogP) is 3.13. The molecule has 5 nitrogen and oxygen atoms in total. The van der Waals surface area contributed by atoms with E-state index in [2.05, 4.69) is 0 Å². The van der Waals surface area contributed by atoms with Crippen LogP contribution in [0.5, 0.6) is 0 Å². The van der Waals surface area contributed by atoms with Crippen molar-refractivity contribution < 1.29 is 12.7 Å². The van der Waals surface area contributed by atoms with Gasteiger partial charge in [-0.25, -0.2) is 0 Å². The summed E-state index contributed by atoms with van der Waals surface area (Å²) in [5.74, 6) is 0. The lowest BCUT2D eigenvalue weighted by molar-refractivity contribution is 0.269. The summed E-state index contributed by atoms with van der Waals surface area (Å²) in [5.41, 5.74) is 3.30. The van der Waals surface area contributed by atoms with Crippen LogP contribution in [0.15, 0.2) is 77.7 Å². The van der Waals surface area contributed by atoms with Gasteiger partial charge >= 0.3 is 10.1 Å². The Hall–Kier alpha value is -3.12. The Kier molecular flexibility index (Phi) is 5.28. The molecule has 0 atom stereocenters. The van der Waals surface area contributed by atoms with E-state index < -0.39 is 15.7 Å². The quantitative estimate of drug-likeness (QED) is 0.681. The van der Waals surface area contributed by atoms with Gasteiger partial charge in [-0.05, 0) is 41.3 Å². The molecule has 3 aromatic rings. The Labute approximate surface area is 158 Å². The van der Waals surface area contributed by atoms with Crippen molar-refractivity contribution in [3.63, 3.8) is 0 Å². The summed E-state index contributed by atoms with van der Waals surface area (Å²) in [6.45, 7) is 1.80. The zero-order valence-corrected chi connectivity index (χ0v) is 15.8. The van der Waals surface area contributed by atoms with Crippen molar-refractivity contribution >= 4 is 21.8 Å². The smallest absolute Gasteiger partial charge is 0.284 e. The van der Waals surface area contributed by atoms with Gasteiger partial charge in [-0.3, -0.25) is 9.08 Å². The van der Waals surface area contributed by atoms with Gasteiger partial charge in [-0.1, -0.05) is 60.7 Å². The summed E-state index contributed by atoms with van der Waals surface area (Å²) in [6.07, 6.45) is 3.97. The normalized spacial score (nSPS) is 11.0. The summed E-state index contributed by atoms with van der Waals surface area (Å²) in [5, 5.41) is 0. The van der Waals surface area contributed by atoms with Gasteiger partial charge in [0.15, 0.2) is 0 Å². The predicted molar refractivity (Wildman–Crippen MR) is 107 cm³/mol. The van der Waals surface area contributed by atoms with Gasteiger partial charge < -0.3 is 0 Å². The number of pyridine rings is 1. The van der Waals surface area contributed by atoms with Crippen molar-refractivity contribution in [2.45, 2.75) is 6.92 Å². The fourth-order valence-electron chi connectivity index (χ4n) is 2.72. The van der Waals surface area contributed by atoms with E-state index in [0.29, 0.717) is 5.56 Å². The summed E-state index contributed by atoms with van der Waals surface area (Å²) in [6, 6.07) is 21.0. The van der Waals surface area contributed by atoms with Crippen molar-refractivity contribution in [3.05, 3.63) is 106 Å². The molecule has 0 amide bonds. The standard InChI is InChI=1S/C21H19NO4S/c1-16-13-14-22(26-27(2,24)25)21(23)19(16)15-20(17-9-5-3-6-10-17)18-11-7-4-8-12-18/h3-15H,1-2H3. The largest absolute Gasteiger partial charge is 0.324 e. The monoisotopic (exact) mass is 381 g/mol. The topological polar surface area (TPSA) is 65.4 Å². The number of hydrogen-bond donors (Lipinski definition) is 0. The molecule has 0 radical (unpaired) electrons. The van der Waals surface area contributed by atoms with Crippen molar-refractivity contribution in [2.24, 2.45) is 0 Å². The van der Waals surface area contributed by atoms with Crippen LogP contribution in [0.25, 0.3) is 11.6 Å². The molecular weight excluding hydrogens is 362 g/mol. The van der Waals surface area contributed by atoms with Crippen LogP contribution in [0.1, 0.15) is 22.3 Å². The Morgan fingerprint density at radius 2 is 1.44 bits per heavy atom. The fourth-order valence-corrected chi connectivity index (χ4v) is 3.13. The lowest BCUT2D eigenvalue weighted by atomic mass is 9.95. The first-order valence-electron chi connectivity index (χ1n) is 8.30. The average Bonchev–Trinajstić information content (AvgIpc) is 2.65. The molecule has 2 aromatic carbocycles. The van der Waals surface area contributed by atoms with E-state index in [1.807, 2.05) is 60.7 Å². The Morgan fingerprint density at radius 1 is 0.926 bits per heavy atom. The third-order valence-corrected chi connectivity index (χ3v) is 4.42. The second kappa shape index (κ2) is 7.63. The van der Waals surface area contributed by atoms with E-state index in [9.17, 15) is 13.2 Å². The minimum atomic E-state index is -3.82. The highest BCUT2D eigenvalue weighted by Crippen LogP contribution is 2.25. The Morgan fingerprint density at radius 3 is 1.93 bits per heavy atom. The lowest BCUT2D eigenvalue weighted by Crippen LogP contribution is -2.31. The van der Waals surface area contributed by atoms with Gasteiger partial charge in [-0.15, -0.1) is 4.73 Å². The molecule has 0 saturated carbocycles. The van der Waals surface area contributed by atoms with Crippen molar-refractivity contribution in [3.8, 4) is 0 Å². The van der Waals surface area contributed by atoms with Gasteiger partial charge in [0.25, 0.3) is 5.56 Å². The number of hydrogen-bond acceptors (Lipinski definition) is 4. The average molecular weight is 381 g/mol. The highest BCUT2D eigenvalue weighted by Gasteiger charge is 2.13. The molecular formula is C21H19NO4S. The molecule has 0 fully saturated rings. The van der Waals surface area contributed by atoms with E-state index in [4.69, 9.17) is 4.28 Å². The van der Waals surface area contributed by atoms with E-state index in [1.54, 1.807) is 19.1 Å². The van der Waals surface area contributed by atoms with Crippen LogP contribution < -0.4 is 9.84 Å². The molecule has 1 aromatic heterocycles. The molecule has 0 bridgehead atoms. The van der Waals surface area contributed by atoms with E-state index in [-0.39, 0.29) is 0 Å². The minimum absolute atomic E-state index is 0.365. The Balaban J connectivity index is 2.22. The summed E-state index contributed by atoms with van der Waals surface area (Å²) < 4.78 is 28.3. The molecule has 6 heteroatoms. The van der Waals surface area contributed by atoms with Crippen molar-refractivity contribution in [2.75, 3.05) is 6.26 Å². The highest BCUT2D eigenvalue weighted by atomic mass is 32.2. The number of aryl methyl sites for hydroxylation is 1. The molecule has 0 aliphatic heterocycles. The maximum absolute atomic E-state index is 12.8. The second-order valence-electron chi connectivity index (χ2n) is 6.11. The number of rotatable bonds is 5. The molecule has 0 aliphatic carbocycles. The molecule has 3 rings (SSSR count). The summed E-state index contributed by atoms with van der Waals surface area (Å²) in [4.78, 5) is 12.8. The highest BCUT2D eigenvalue weighted by molar-refractivity contribution is 7.86. The molecule has 27 heavy (non-hydrogen) atoms. The fraction of sp³-hybridized carbons (Fsp3) is 0.0952. The maximum atomic E-state index is 12.8. The van der Waals surface area contributed by atoms with Crippen molar-refractivity contribution in [1.29, 1.82) is 0 Å². The van der Waals surface area contributed by atoms with Gasteiger partial charge in [0.05, 0.1) is 6.26 Å². The van der Waals surface area contributed by atoms with Crippen LogP contribution in [-0.2, 0) is 10.1 Å². The molecule has 0 saturated heterocycles.